The van der Waals surface area contributed by atoms with Gasteiger partial charge in [0.25, 0.3) is 12.7 Å². The number of thiophene rings is 1. The lowest BCUT2D eigenvalue weighted by atomic mass is 9.33. The number of ether oxygens (including phenoxy) is 1. The Hall–Kier alpha value is -2.92. The Morgan fingerprint density at radius 1 is 0.758 bits per heavy atom. The first-order valence-electron chi connectivity index (χ1n) is 12.3. The van der Waals surface area contributed by atoms with E-state index < -0.39 is 0 Å². The Morgan fingerprint density at radius 3 is 2.48 bits per heavy atom. The van der Waals surface area contributed by atoms with Gasteiger partial charge in [-0.3, -0.25) is 0 Å². The predicted octanol–water partition coefficient (Wildman–Crippen LogP) is 5.50. The van der Waals surface area contributed by atoms with Gasteiger partial charge < -0.3 is 14.1 Å². The minimum absolute atomic E-state index is 0.221. The van der Waals surface area contributed by atoms with Gasteiger partial charge >= 0.3 is 0 Å². The third kappa shape index (κ3) is 2.46. The fourth-order valence-corrected chi connectivity index (χ4v) is 8.02. The van der Waals surface area contributed by atoms with Crippen molar-refractivity contribution in [3.63, 3.8) is 0 Å². The topological polar surface area (TPSA) is 25.6 Å². The fourth-order valence-electron chi connectivity index (χ4n) is 6.56. The van der Waals surface area contributed by atoms with E-state index in [1.165, 1.54) is 76.9 Å². The normalized spacial score (nSPS) is 17.5. The summed E-state index contributed by atoms with van der Waals surface area (Å²) in [5, 5.41) is 1.40. The molecule has 4 aromatic rings. The van der Waals surface area contributed by atoms with Crippen LogP contribution in [0.25, 0.3) is 0 Å². The number of nitrogens with zero attached hydrogens (tertiary/aromatic N) is 1. The maximum absolute atomic E-state index is 6.51. The van der Waals surface area contributed by atoms with Crippen molar-refractivity contribution in [2.45, 2.75) is 51.4 Å². The zero-order valence-corrected chi connectivity index (χ0v) is 19.3. The highest BCUT2D eigenvalue weighted by atomic mass is 32.1. The maximum atomic E-state index is 6.51. The van der Waals surface area contributed by atoms with Crippen molar-refractivity contribution in [2.75, 3.05) is 4.90 Å². The predicted molar refractivity (Wildman–Crippen MR) is 136 cm³/mol. The monoisotopic (exact) mass is 449 g/mol. The fraction of sp³-hybridized carbons (Fsp3) is 0.286. The van der Waals surface area contributed by atoms with Gasteiger partial charge in [-0.05, 0) is 91.3 Å². The molecule has 0 atom stereocenters. The number of hydrogen-bond acceptors (Lipinski definition) is 4. The van der Waals surface area contributed by atoms with Gasteiger partial charge in [-0.2, -0.15) is 0 Å². The van der Waals surface area contributed by atoms with Gasteiger partial charge in [-0.1, -0.05) is 24.3 Å². The molecule has 0 bridgehead atoms. The number of hydrogen-bond donors (Lipinski definition) is 0. The third-order valence-electron chi connectivity index (χ3n) is 7.94. The number of para-hydroxylation sites is 1. The minimum Gasteiger partial charge on any atom is -0.431 e. The van der Waals surface area contributed by atoms with Crippen LogP contribution in [0.4, 0.5) is 16.4 Å². The zero-order chi connectivity index (χ0) is 21.5. The van der Waals surface area contributed by atoms with E-state index in [0.717, 1.165) is 30.3 Å². The molecular weight excluding hydrogens is 425 g/mol. The SMILES string of the molecule is c1ccc(N2c3cccc4c3B(c3c(oc5c3CCCC5)O4)c3c2sc2c3CCCC2)cc1. The van der Waals surface area contributed by atoms with Crippen LogP contribution >= 0.6 is 11.3 Å². The summed E-state index contributed by atoms with van der Waals surface area (Å²) in [6.07, 6.45) is 9.58. The zero-order valence-electron chi connectivity index (χ0n) is 18.5. The van der Waals surface area contributed by atoms with Gasteiger partial charge in [0.1, 0.15) is 11.5 Å². The number of rotatable bonds is 1. The summed E-state index contributed by atoms with van der Waals surface area (Å²) in [5.41, 5.74) is 9.68. The van der Waals surface area contributed by atoms with Crippen molar-refractivity contribution in [2.24, 2.45) is 0 Å². The highest BCUT2D eigenvalue weighted by Gasteiger charge is 2.48. The molecule has 0 amide bonds. The van der Waals surface area contributed by atoms with Gasteiger partial charge in [0.2, 0.25) is 0 Å². The molecule has 162 valence electrons. The molecule has 4 heterocycles. The molecule has 2 aromatic carbocycles. The molecule has 8 rings (SSSR count). The van der Waals surface area contributed by atoms with Crippen LogP contribution in [0.2, 0.25) is 0 Å². The Labute approximate surface area is 198 Å². The average molecular weight is 449 g/mol. The summed E-state index contributed by atoms with van der Waals surface area (Å²) in [6, 6.07) is 17.4. The van der Waals surface area contributed by atoms with Gasteiger partial charge in [0, 0.05) is 28.1 Å². The van der Waals surface area contributed by atoms with Crippen LogP contribution in [0.3, 0.4) is 0 Å². The summed E-state index contributed by atoms with van der Waals surface area (Å²) >= 11 is 2.02. The Morgan fingerprint density at radius 2 is 1.58 bits per heavy atom. The van der Waals surface area contributed by atoms with E-state index in [4.69, 9.17) is 9.15 Å². The number of aryl methyl sites for hydroxylation is 2. The van der Waals surface area contributed by atoms with Crippen LogP contribution in [0.5, 0.6) is 11.7 Å². The van der Waals surface area contributed by atoms with Gasteiger partial charge in [-0.15, -0.1) is 11.3 Å². The molecule has 0 radical (unpaired) electrons. The second kappa shape index (κ2) is 6.80. The standard InChI is InChI=1S/C28H24BNO2S/c1-2-9-17(10-3-1)30-20-13-8-15-22-26(20)29(24-19-12-5-7-16-23(19)33-27(24)30)25-18-11-4-6-14-21(18)31-28(25)32-22/h1-3,8-10,13,15H,4-7,11-12,14,16H2. The van der Waals surface area contributed by atoms with Crippen LogP contribution in [0.1, 0.15) is 47.4 Å². The highest BCUT2D eigenvalue weighted by molar-refractivity contribution is 7.20. The van der Waals surface area contributed by atoms with E-state index in [2.05, 4.69) is 53.4 Å². The molecular formula is C28H24BNO2S. The smallest absolute Gasteiger partial charge is 0.285 e. The van der Waals surface area contributed by atoms with E-state index in [0.29, 0.717) is 0 Å². The van der Waals surface area contributed by atoms with Crippen molar-refractivity contribution >= 4 is 50.8 Å². The largest absolute Gasteiger partial charge is 0.431 e. The van der Waals surface area contributed by atoms with Crippen molar-refractivity contribution in [1.29, 1.82) is 0 Å². The van der Waals surface area contributed by atoms with E-state index in [1.54, 1.807) is 10.4 Å². The number of furan rings is 1. The average Bonchev–Trinajstić information content (AvgIpc) is 3.43. The van der Waals surface area contributed by atoms with Gasteiger partial charge in [0.05, 0.1) is 5.00 Å². The number of benzene rings is 2. The molecule has 2 aliphatic carbocycles. The molecule has 33 heavy (non-hydrogen) atoms. The molecule has 2 aliphatic heterocycles. The van der Waals surface area contributed by atoms with E-state index >= 15 is 0 Å². The lowest BCUT2D eigenvalue weighted by Gasteiger charge is -2.37. The van der Waals surface area contributed by atoms with Crippen molar-refractivity contribution < 1.29 is 9.15 Å². The molecule has 0 spiro atoms. The molecule has 0 saturated carbocycles. The van der Waals surface area contributed by atoms with Gasteiger partial charge in [-0.25, -0.2) is 0 Å². The lowest BCUT2D eigenvalue weighted by Crippen LogP contribution is -2.60. The second-order valence-electron chi connectivity index (χ2n) is 9.74. The van der Waals surface area contributed by atoms with Crippen molar-refractivity contribution in [3.05, 3.63) is 70.3 Å². The van der Waals surface area contributed by atoms with Crippen molar-refractivity contribution in [3.8, 4) is 11.7 Å². The van der Waals surface area contributed by atoms with E-state index in [9.17, 15) is 0 Å². The van der Waals surface area contributed by atoms with Crippen LogP contribution in [0.15, 0.2) is 52.9 Å². The third-order valence-corrected chi connectivity index (χ3v) is 9.23. The summed E-state index contributed by atoms with van der Waals surface area (Å²) in [4.78, 5) is 4.08. The number of fused-ring (bicyclic) bond motifs is 8. The Kier molecular flexibility index (Phi) is 3.81. The van der Waals surface area contributed by atoms with Crippen molar-refractivity contribution in [1.82, 2.24) is 0 Å². The molecule has 0 N–H and O–H groups in total. The van der Waals surface area contributed by atoms with Crippen LogP contribution in [0, 0.1) is 0 Å². The molecule has 4 aliphatic rings. The number of anilines is 3. The first-order chi connectivity index (χ1) is 16.4. The van der Waals surface area contributed by atoms with Crippen LogP contribution < -0.4 is 26.0 Å². The van der Waals surface area contributed by atoms with Gasteiger partial charge in [0.15, 0.2) is 0 Å². The summed E-state index contributed by atoms with van der Waals surface area (Å²) in [6.45, 7) is 0.221. The molecule has 0 unspecified atom stereocenters. The quantitative estimate of drug-likeness (QED) is 0.310. The second-order valence-corrected chi connectivity index (χ2v) is 10.8. The summed E-state index contributed by atoms with van der Waals surface area (Å²) in [7, 11) is 0. The molecule has 2 aromatic heterocycles. The lowest BCUT2D eigenvalue weighted by molar-refractivity contribution is 0.331. The molecule has 3 nitrogen and oxygen atoms in total. The highest BCUT2D eigenvalue weighted by Crippen LogP contribution is 2.46. The Balaban J connectivity index is 1.47. The Bertz CT molecular complexity index is 1420. The summed E-state index contributed by atoms with van der Waals surface area (Å²) in [5.74, 6) is 2.88. The van der Waals surface area contributed by atoms with E-state index in [1.807, 2.05) is 11.3 Å². The van der Waals surface area contributed by atoms with Crippen LogP contribution in [-0.4, -0.2) is 6.71 Å². The first kappa shape index (κ1) is 18.5. The summed E-state index contributed by atoms with van der Waals surface area (Å²) < 4.78 is 12.9. The maximum Gasteiger partial charge on any atom is 0.285 e. The van der Waals surface area contributed by atoms with Crippen LogP contribution in [-0.2, 0) is 25.7 Å². The van der Waals surface area contributed by atoms with E-state index in [-0.39, 0.29) is 6.71 Å². The minimum atomic E-state index is 0.221. The molecule has 0 fully saturated rings. The molecule has 5 heteroatoms. The molecule has 0 saturated heterocycles. The first-order valence-corrected chi connectivity index (χ1v) is 13.1.